The van der Waals surface area contributed by atoms with E-state index in [9.17, 15) is 10.1 Å². The average Bonchev–Trinajstić information content (AvgIpc) is 2.16. The van der Waals surface area contributed by atoms with E-state index in [1.165, 1.54) is 6.07 Å². The van der Waals surface area contributed by atoms with E-state index in [0.29, 0.717) is 6.42 Å². The minimum absolute atomic E-state index is 0.111. The minimum Gasteiger partial charge on any atom is -0.462 e. The van der Waals surface area contributed by atoms with Crippen molar-refractivity contribution in [3.63, 3.8) is 0 Å². The molecule has 1 heterocycles. The molecule has 0 aromatic heterocycles. The van der Waals surface area contributed by atoms with Gasteiger partial charge in [0, 0.05) is 17.7 Å². The number of hydrogen-bond donors (Lipinski definition) is 0. The van der Waals surface area contributed by atoms with Gasteiger partial charge in [0.2, 0.25) is 0 Å². The maximum Gasteiger partial charge on any atom is 0.269 e. The number of nitro benzene ring substituents is 1. The smallest absolute Gasteiger partial charge is 0.269 e. The van der Waals surface area contributed by atoms with E-state index in [1.54, 1.807) is 12.1 Å². The van der Waals surface area contributed by atoms with Crippen molar-refractivity contribution in [3.05, 3.63) is 45.7 Å². The van der Waals surface area contributed by atoms with E-state index in [0.717, 1.165) is 17.1 Å². The minimum atomic E-state index is -0.397. The molecular weight excluding hydrogens is 182 g/mol. The quantitative estimate of drug-likeness (QED) is 0.506. The fourth-order valence-electron chi connectivity index (χ4n) is 1.41. The molecule has 0 fully saturated rings. The molecule has 0 aliphatic carbocycles. The number of nitrogens with zero attached hydrogens (tertiary/aromatic N) is 1. The molecule has 1 aliphatic rings. The third-order valence-electron chi connectivity index (χ3n) is 2.14. The van der Waals surface area contributed by atoms with E-state index in [4.69, 9.17) is 4.74 Å². The fourth-order valence-corrected chi connectivity index (χ4v) is 1.41. The maximum atomic E-state index is 10.5. The average molecular weight is 191 g/mol. The van der Waals surface area contributed by atoms with Crippen molar-refractivity contribution < 1.29 is 9.66 Å². The van der Waals surface area contributed by atoms with Crippen molar-refractivity contribution in [2.24, 2.45) is 0 Å². The lowest BCUT2D eigenvalue weighted by atomic mass is 10.1. The van der Waals surface area contributed by atoms with Crippen LogP contribution in [0.3, 0.4) is 0 Å². The zero-order valence-electron chi connectivity index (χ0n) is 7.69. The molecule has 4 nitrogen and oxygen atoms in total. The Balaban J connectivity index is 2.40. The largest absolute Gasteiger partial charge is 0.462 e. The molecule has 0 saturated carbocycles. The van der Waals surface area contributed by atoms with Crippen molar-refractivity contribution in [1.82, 2.24) is 0 Å². The predicted octanol–water partition coefficient (Wildman–Crippen LogP) is 2.43. The summed E-state index contributed by atoms with van der Waals surface area (Å²) in [6.07, 6.45) is 2.61. The number of rotatable bonds is 1. The molecule has 0 N–H and O–H groups in total. The summed E-state index contributed by atoms with van der Waals surface area (Å²) in [6.45, 7) is 1.87. The summed E-state index contributed by atoms with van der Waals surface area (Å²) in [5.74, 6) is 1.56. The van der Waals surface area contributed by atoms with Crippen LogP contribution in [-0.4, -0.2) is 4.92 Å². The molecule has 0 unspecified atom stereocenters. The van der Waals surface area contributed by atoms with Crippen molar-refractivity contribution in [2.45, 2.75) is 13.3 Å². The van der Waals surface area contributed by atoms with Crippen LogP contribution in [0.25, 0.3) is 0 Å². The van der Waals surface area contributed by atoms with E-state index in [1.807, 2.05) is 13.0 Å². The topological polar surface area (TPSA) is 52.4 Å². The molecule has 2 rings (SSSR count). The number of benzene rings is 1. The molecule has 1 aromatic rings. The molecule has 1 aliphatic heterocycles. The number of non-ortho nitro benzene ring substituents is 1. The van der Waals surface area contributed by atoms with Gasteiger partial charge in [-0.15, -0.1) is 0 Å². The summed E-state index contributed by atoms with van der Waals surface area (Å²) in [4.78, 5) is 10.1. The van der Waals surface area contributed by atoms with Gasteiger partial charge in [0.15, 0.2) is 0 Å². The molecule has 14 heavy (non-hydrogen) atoms. The van der Waals surface area contributed by atoms with Crippen molar-refractivity contribution in [2.75, 3.05) is 0 Å². The highest BCUT2D eigenvalue weighted by Crippen LogP contribution is 2.29. The number of hydrogen-bond acceptors (Lipinski definition) is 3. The van der Waals surface area contributed by atoms with Gasteiger partial charge in [0.05, 0.1) is 10.7 Å². The van der Waals surface area contributed by atoms with E-state index >= 15 is 0 Å². The number of ether oxygens (including phenoxy) is 1. The Morgan fingerprint density at radius 1 is 1.50 bits per heavy atom. The fraction of sp³-hybridized carbons (Fsp3) is 0.200. The van der Waals surface area contributed by atoms with Gasteiger partial charge < -0.3 is 4.74 Å². The number of fused-ring (bicyclic) bond motifs is 1. The van der Waals surface area contributed by atoms with Crippen LogP contribution in [0.4, 0.5) is 5.69 Å². The van der Waals surface area contributed by atoms with Crippen LogP contribution in [0.2, 0.25) is 0 Å². The first-order valence-electron chi connectivity index (χ1n) is 4.29. The highest BCUT2D eigenvalue weighted by Gasteiger charge is 2.14. The second-order valence-corrected chi connectivity index (χ2v) is 3.17. The summed E-state index contributed by atoms with van der Waals surface area (Å²) in [5.41, 5.74) is 0.977. The molecule has 0 radical (unpaired) electrons. The standard InChI is InChI=1S/C10H9NO3/c1-7-2-3-8-6-9(11(12)13)4-5-10(8)14-7/h2,4-6H,3H2,1H3. The van der Waals surface area contributed by atoms with Crippen LogP contribution in [0, 0.1) is 10.1 Å². The van der Waals surface area contributed by atoms with Crippen molar-refractivity contribution >= 4 is 5.69 Å². The van der Waals surface area contributed by atoms with Gasteiger partial charge in [-0.3, -0.25) is 10.1 Å². The first-order valence-corrected chi connectivity index (χ1v) is 4.29. The second kappa shape index (κ2) is 3.14. The predicted molar refractivity (Wildman–Crippen MR) is 51.2 cm³/mol. The summed E-state index contributed by atoms with van der Waals surface area (Å²) in [7, 11) is 0. The lowest BCUT2D eigenvalue weighted by molar-refractivity contribution is -0.384. The van der Waals surface area contributed by atoms with Gasteiger partial charge in [0.1, 0.15) is 5.75 Å². The van der Waals surface area contributed by atoms with Crippen LogP contribution in [0.15, 0.2) is 30.0 Å². The summed E-state index contributed by atoms with van der Waals surface area (Å²) in [5, 5.41) is 10.5. The molecule has 0 amide bonds. The molecule has 0 saturated heterocycles. The van der Waals surface area contributed by atoms with Crippen LogP contribution in [-0.2, 0) is 6.42 Å². The Labute approximate surface area is 81.0 Å². The van der Waals surface area contributed by atoms with Crippen LogP contribution >= 0.6 is 0 Å². The van der Waals surface area contributed by atoms with Gasteiger partial charge in [-0.2, -0.15) is 0 Å². The highest BCUT2D eigenvalue weighted by molar-refractivity contribution is 5.46. The van der Waals surface area contributed by atoms with E-state index < -0.39 is 4.92 Å². The lowest BCUT2D eigenvalue weighted by Gasteiger charge is -2.14. The normalized spacial score (nSPS) is 13.9. The van der Waals surface area contributed by atoms with E-state index in [-0.39, 0.29) is 5.69 Å². The summed E-state index contributed by atoms with van der Waals surface area (Å²) >= 11 is 0. The number of allylic oxidation sites excluding steroid dienone is 2. The van der Waals surface area contributed by atoms with Gasteiger partial charge in [-0.25, -0.2) is 0 Å². The SMILES string of the molecule is CC1=CCc2cc([N+](=O)[O-])ccc2O1. The van der Waals surface area contributed by atoms with Crippen molar-refractivity contribution in [3.8, 4) is 5.75 Å². The second-order valence-electron chi connectivity index (χ2n) is 3.17. The Hall–Kier alpha value is -1.84. The molecule has 4 heteroatoms. The van der Waals surface area contributed by atoms with Crippen LogP contribution < -0.4 is 4.74 Å². The first kappa shape index (κ1) is 8.74. The molecular formula is C10H9NO3. The zero-order valence-corrected chi connectivity index (χ0v) is 7.69. The third-order valence-corrected chi connectivity index (χ3v) is 2.14. The van der Waals surface area contributed by atoms with Gasteiger partial charge >= 0.3 is 0 Å². The monoisotopic (exact) mass is 191 g/mol. The lowest BCUT2D eigenvalue weighted by Crippen LogP contribution is -2.02. The molecule has 0 spiro atoms. The van der Waals surface area contributed by atoms with Crippen molar-refractivity contribution in [1.29, 1.82) is 0 Å². The van der Waals surface area contributed by atoms with Crippen LogP contribution in [0.5, 0.6) is 5.75 Å². The molecule has 0 bridgehead atoms. The van der Waals surface area contributed by atoms with Crippen LogP contribution in [0.1, 0.15) is 12.5 Å². The molecule has 72 valence electrons. The zero-order chi connectivity index (χ0) is 10.1. The Kier molecular flexibility index (Phi) is 1.96. The Morgan fingerprint density at radius 3 is 3.00 bits per heavy atom. The van der Waals surface area contributed by atoms with Gasteiger partial charge in [0.25, 0.3) is 5.69 Å². The van der Waals surface area contributed by atoms with E-state index in [2.05, 4.69) is 0 Å². The molecule has 1 aromatic carbocycles. The Morgan fingerprint density at radius 2 is 2.29 bits per heavy atom. The van der Waals surface area contributed by atoms with Gasteiger partial charge in [-0.1, -0.05) is 0 Å². The summed E-state index contributed by atoms with van der Waals surface area (Å²) in [6, 6.07) is 4.65. The maximum absolute atomic E-state index is 10.5. The Bertz CT molecular complexity index is 423. The van der Waals surface area contributed by atoms with Gasteiger partial charge in [-0.05, 0) is 25.5 Å². The number of nitro groups is 1. The highest BCUT2D eigenvalue weighted by atomic mass is 16.6. The third kappa shape index (κ3) is 1.46. The first-order chi connectivity index (χ1) is 6.66. The molecule has 0 atom stereocenters. The summed E-state index contributed by atoms with van der Waals surface area (Å²) < 4.78 is 5.41.